The van der Waals surface area contributed by atoms with E-state index in [1.807, 2.05) is 26.0 Å². The standard InChI is InChI=1S/C16H23N3O2/c1-6-13(17-16-10(2)18-19-11(16)3)12-7-8-14(20-4)15(9-12)21-5/h7-9,13,17H,6H2,1-5H3,(H,18,19). The minimum atomic E-state index is 0.194. The van der Waals surface area contributed by atoms with Crippen LogP contribution in [-0.2, 0) is 0 Å². The van der Waals surface area contributed by atoms with Crippen molar-refractivity contribution in [2.24, 2.45) is 0 Å². The molecule has 0 saturated carbocycles. The largest absolute Gasteiger partial charge is 0.493 e. The van der Waals surface area contributed by atoms with Gasteiger partial charge in [0.25, 0.3) is 0 Å². The highest BCUT2D eigenvalue weighted by atomic mass is 16.5. The van der Waals surface area contributed by atoms with Crippen LogP contribution in [0.15, 0.2) is 18.2 Å². The number of aromatic amines is 1. The van der Waals surface area contributed by atoms with Crippen LogP contribution in [-0.4, -0.2) is 24.4 Å². The van der Waals surface area contributed by atoms with E-state index in [-0.39, 0.29) is 6.04 Å². The Kier molecular flexibility index (Phi) is 4.73. The molecule has 2 aromatic rings. The van der Waals surface area contributed by atoms with Gasteiger partial charge in [-0.15, -0.1) is 0 Å². The molecule has 0 amide bonds. The monoisotopic (exact) mass is 289 g/mol. The average molecular weight is 289 g/mol. The van der Waals surface area contributed by atoms with Crippen molar-refractivity contribution < 1.29 is 9.47 Å². The molecule has 1 heterocycles. The van der Waals surface area contributed by atoms with Gasteiger partial charge in [0.1, 0.15) is 0 Å². The first-order chi connectivity index (χ1) is 10.1. The van der Waals surface area contributed by atoms with Crippen molar-refractivity contribution in [2.45, 2.75) is 33.2 Å². The summed E-state index contributed by atoms with van der Waals surface area (Å²) < 4.78 is 10.7. The van der Waals surface area contributed by atoms with Gasteiger partial charge < -0.3 is 14.8 Å². The van der Waals surface area contributed by atoms with Gasteiger partial charge >= 0.3 is 0 Å². The Morgan fingerprint density at radius 3 is 2.43 bits per heavy atom. The van der Waals surface area contributed by atoms with E-state index in [9.17, 15) is 0 Å². The lowest BCUT2D eigenvalue weighted by Crippen LogP contribution is -2.11. The summed E-state index contributed by atoms with van der Waals surface area (Å²) in [6.07, 6.45) is 0.958. The molecule has 1 unspecified atom stereocenters. The number of anilines is 1. The van der Waals surface area contributed by atoms with Crippen LogP contribution in [0.3, 0.4) is 0 Å². The molecule has 0 radical (unpaired) electrons. The first-order valence-electron chi connectivity index (χ1n) is 7.10. The van der Waals surface area contributed by atoms with E-state index in [2.05, 4.69) is 28.5 Å². The minimum absolute atomic E-state index is 0.194. The van der Waals surface area contributed by atoms with E-state index < -0.39 is 0 Å². The number of methoxy groups -OCH3 is 2. The van der Waals surface area contributed by atoms with Crippen LogP contribution < -0.4 is 14.8 Å². The summed E-state index contributed by atoms with van der Waals surface area (Å²) in [6.45, 7) is 6.16. The number of rotatable bonds is 6. The molecule has 0 aliphatic heterocycles. The predicted octanol–water partition coefficient (Wildman–Crippen LogP) is 3.61. The van der Waals surface area contributed by atoms with Crippen LogP contribution in [0.25, 0.3) is 0 Å². The van der Waals surface area contributed by atoms with Gasteiger partial charge in [-0.3, -0.25) is 5.10 Å². The molecule has 0 fully saturated rings. The number of nitrogens with zero attached hydrogens (tertiary/aromatic N) is 1. The third kappa shape index (κ3) is 3.12. The summed E-state index contributed by atoms with van der Waals surface area (Å²) >= 11 is 0. The fraction of sp³-hybridized carbons (Fsp3) is 0.438. The molecule has 1 aromatic heterocycles. The fourth-order valence-electron chi connectivity index (χ4n) is 2.43. The molecule has 2 rings (SSSR count). The van der Waals surface area contributed by atoms with Gasteiger partial charge in [-0.1, -0.05) is 13.0 Å². The van der Waals surface area contributed by atoms with Crippen molar-refractivity contribution in [2.75, 3.05) is 19.5 Å². The second-order valence-corrected chi connectivity index (χ2v) is 5.03. The number of aromatic nitrogens is 2. The van der Waals surface area contributed by atoms with E-state index in [1.165, 1.54) is 0 Å². The molecule has 0 spiro atoms. The molecule has 1 atom stereocenters. The molecule has 5 heteroatoms. The summed E-state index contributed by atoms with van der Waals surface area (Å²) in [6, 6.07) is 6.21. The molecule has 5 nitrogen and oxygen atoms in total. The quantitative estimate of drug-likeness (QED) is 0.853. The number of hydrogen-bond acceptors (Lipinski definition) is 4. The highest BCUT2D eigenvalue weighted by molar-refractivity contribution is 5.54. The lowest BCUT2D eigenvalue weighted by molar-refractivity contribution is 0.354. The first-order valence-corrected chi connectivity index (χ1v) is 7.10. The van der Waals surface area contributed by atoms with Gasteiger partial charge in [-0.05, 0) is 38.0 Å². The fourth-order valence-corrected chi connectivity index (χ4v) is 2.43. The highest BCUT2D eigenvalue weighted by Gasteiger charge is 2.15. The molecule has 0 bridgehead atoms. The number of hydrogen-bond donors (Lipinski definition) is 2. The van der Waals surface area contributed by atoms with Gasteiger partial charge in [0, 0.05) is 0 Å². The van der Waals surface area contributed by atoms with E-state index in [1.54, 1.807) is 14.2 Å². The van der Waals surface area contributed by atoms with Crippen LogP contribution in [0, 0.1) is 13.8 Å². The number of aryl methyl sites for hydroxylation is 2. The minimum Gasteiger partial charge on any atom is -0.493 e. The van der Waals surface area contributed by atoms with Crippen molar-refractivity contribution in [1.82, 2.24) is 10.2 Å². The van der Waals surface area contributed by atoms with Gasteiger partial charge in [0.15, 0.2) is 11.5 Å². The van der Waals surface area contributed by atoms with Crippen molar-refractivity contribution in [3.8, 4) is 11.5 Å². The summed E-state index contributed by atoms with van der Waals surface area (Å²) in [7, 11) is 3.30. The number of H-pyrrole nitrogens is 1. The topological polar surface area (TPSA) is 59.2 Å². The summed E-state index contributed by atoms with van der Waals surface area (Å²) in [5, 5.41) is 10.8. The van der Waals surface area contributed by atoms with Crippen LogP contribution in [0.5, 0.6) is 11.5 Å². The number of ether oxygens (including phenoxy) is 2. The first kappa shape index (κ1) is 15.2. The van der Waals surface area contributed by atoms with Crippen molar-refractivity contribution in [3.05, 3.63) is 35.2 Å². The Morgan fingerprint density at radius 1 is 1.19 bits per heavy atom. The molecule has 0 saturated heterocycles. The number of nitrogens with one attached hydrogen (secondary N) is 2. The van der Waals surface area contributed by atoms with E-state index in [4.69, 9.17) is 9.47 Å². The van der Waals surface area contributed by atoms with Gasteiger partial charge in [0.05, 0.1) is 37.3 Å². The molecule has 21 heavy (non-hydrogen) atoms. The second-order valence-electron chi connectivity index (χ2n) is 5.03. The van der Waals surface area contributed by atoms with Gasteiger partial charge in [-0.2, -0.15) is 5.10 Å². The van der Waals surface area contributed by atoms with Crippen LogP contribution in [0.2, 0.25) is 0 Å². The van der Waals surface area contributed by atoms with E-state index in [0.717, 1.165) is 40.6 Å². The van der Waals surface area contributed by atoms with Crippen LogP contribution in [0.4, 0.5) is 5.69 Å². The second kappa shape index (κ2) is 6.52. The summed E-state index contributed by atoms with van der Waals surface area (Å²) in [5.74, 6) is 1.49. The Morgan fingerprint density at radius 2 is 1.90 bits per heavy atom. The lowest BCUT2D eigenvalue weighted by atomic mass is 10.0. The Labute approximate surface area is 125 Å². The third-order valence-electron chi connectivity index (χ3n) is 3.66. The zero-order valence-electron chi connectivity index (χ0n) is 13.3. The highest BCUT2D eigenvalue weighted by Crippen LogP contribution is 2.33. The van der Waals surface area contributed by atoms with Crippen molar-refractivity contribution in [1.29, 1.82) is 0 Å². The lowest BCUT2D eigenvalue weighted by Gasteiger charge is -2.20. The van der Waals surface area contributed by atoms with Crippen molar-refractivity contribution in [3.63, 3.8) is 0 Å². The maximum absolute atomic E-state index is 5.38. The zero-order valence-corrected chi connectivity index (χ0v) is 13.3. The number of benzene rings is 1. The maximum Gasteiger partial charge on any atom is 0.161 e. The molecule has 1 aromatic carbocycles. The van der Waals surface area contributed by atoms with E-state index in [0.29, 0.717) is 0 Å². The maximum atomic E-state index is 5.38. The average Bonchev–Trinajstić information content (AvgIpc) is 2.83. The van der Waals surface area contributed by atoms with Crippen molar-refractivity contribution >= 4 is 5.69 Å². The molecule has 0 aliphatic carbocycles. The molecular formula is C16H23N3O2. The van der Waals surface area contributed by atoms with Gasteiger partial charge in [0.2, 0.25) is 0 Å². The van der Waals surface area contributed by atoms with Gasteiger partial charge in [-0.25, -0.2) is 0 Å². The summed E-state index contributed by atoms with van der Waals surface area (Å²) in [4.78, 5) is 0. The normalized spacial score (nSPS) is 12.0. The van der Waals surface area contributed by atoms with Crippen LogP contribution in [0.1, 0.15) is 36.3 Å². The predicted molar refractivity (Wildman–Crippen MR) is 84.3 cm³/mol. The molecule has 114 valence electrons. The molecule has 2 N–H and O–H groups in total. The van der Waals surface area contributed by atoms with E-state index >= 15 is 0 Å². The summed E-state index contributed by atoms with van der Waals surface area (Å²) in [5.41, 5.74) is 4.25. The smallest absolute Gasteiger partial charge is 0.161 e. The Balaban J connectivity index is 2.29. The SMILES string of the molecule is CCC(Nc1c(C)n[nH]c1C)c1ccc(OC)c(OC)c1. The third-order valence-corrected chi connectivity index (χ3v) is 3.66. The van der Waals surface area contributed by atoms with Crippen LogP contribution >= 0.6 is 0 Å². The zero-order chi connectivity index (χ0) is 15.4. The molecular weight excluding hydrogens is 266 g/mol. The molecule has 0 aliphatic rings. The Bertz CT molecular complexity index is 588. The Hall–Kier alpha value is -2.17.